The van der Waals surface area contributed by atoms with E-state index in [0.29, 0.717) is 31.7 Å². The summed E-state index contributed by atoms with van der Waals surface area (Å²) < 4.78 is 0. The first-order chi connectivity index (χ1) is 11.0. The Balaban J connectivity index is 1.59. The van der Waals surface area contributed by atoms with Crippen LogP contribution < -0.4 is 5.73 Å². The van der Waals surface area contributed by atoms with E-state index in [1.165, 1.54) is 0 Å². The van der Waals surface area contributed by atoms with E-state index < -0.39 is 5.54 Å². The second kappa shape index (κ2) is 6.32. The number of benzene rings is 1. The lowest BCUT2D eigenvalue weighted by atomic mass is 9.97. The fourth-order valence-electron chi connectivity index (χ4n) is 3.53. The Bertz CT molecular complexity index is 583. The number of rotatable bonds is 2. The van der Waals surface area contributed by atoms with E-state index in [1.54, 1.807) is 0 Å². The van der Waals surface area contributed by atoms with Crippen LogP contribution in [-0.2, 0) is 4.79 Å². The Labute approximate surface area is 137 Å². The van der Waals surface area contributed by atoms with Gasteiger partial charge in [-0.2, -0.15) is 0 Å². The van der Waals surface area contributed by atoms with E-state index in [4.69, 9.17) is 5.73 Å². The molecule has 1 aromatic carbocycles. The molecule has 124 valence electrons. The third-order valence-electron chi connectivity index (χ3n) is 5.07. The highest BCUT2D eigenvalue weighted by molar-refractivity contribution is 5.94. The molecule has 2 aliphatic rings. The van der Waals surface area contributed by atoms with Gasteiger partial charge in [0.25, 0.3) is 5.91 Å². The number of amides is 2. The second-order valence-electron chi connectivity index (χ2n) is 6.81. The van der Waals surface area contributed by atoms with Gasteiger partial charge < -0.3 is 15.5 Å². The van der Waals surface area contributed by atoms with Crippen LogP contribution in [0.25, 0.3) is 0 Å². The van der Waals surface area contributed by atoms with Gasteiger partial charge in [0.15, 0.2) is 0 Å². The number of hydrogen-bond donors (Lipinski definition) is 1. The lowest BCUT2D eigenvalue weighted by Gasteiger charge is -2.38. The molecule has 0 radical (unpaired) electrons. The zero-order valence-corrected chi connectivity index (χ0v) is 13.8. The van der Waals surface area contributed by atoms with Gasteiger partial charge in [0.05, 0.1) is 5.54 Å². The molecule has 2 amide bonds. The minimum atomic E-state index is -0.664. The van der Waals surface area contributed by atoms with Gasteiger partial charge in [-0.05, 0) is 31.9 Å². The first-order valence-electron chi connectivity index (χ1n) is 8.44. The summed E-state index contributed by atoms with van der Waals surface area (Å²) >= 11 is 0. The number of nitrogens with zero attached hydrogens (tertiary/aromatic N) is 2. The molecule has 1 aliphatic carbocycles. The van der Waals surface area contributed by atoms with Gasteiger partial charge in [0, 0.05) is 31.7 Å². The number of carbonyl (C=O) groups is 2. The quantitative estimate of drug-likeness (QED) is 0.900. The number of nitrogens with two attached hydrogens (primary N) is 1. The van der Waals surface area contributed by atoms with Crippen molar-refractivity contribution in [3.8, 4) is 0 Å². The normalized spacial score (nSPS) is 20.6. The second-order valence-corrected chi connectivity index (χ2v) is 6.81. The van der Waals surface area contributed by atoms with Crippen LogP contribution in [0.2, 0.25) is 0 Å². The van der Waals surface area contributed by atoms with Crippen LogP contribution in [0.15, 0.2) is 24.3 Å². The molecular formula is C18H25N3O2. The van der Waals surface area contributed by atoms with E-state index in [2.05, 4.69) is 0 Å². The van der Waals surface area contributed by atoms with Crippen LogP contribution in [0, 0.1) is 6.92 Å². The van der Waals surface area contributed by atoms with Gasteiger partial charge in [-0.3, -0.25) is 9.59 Å². The standard InChI is InChI=1S/C18H25N3O2/c1-14-4-6-15(7-5-14)16(22)20-10-12-21(13-11-20)17(23)18(19)8-2-3-9-18/h4-7H,2-3,8-13,19H2,1H3. The van der Waals surface area contributed by atoms with Crippen molar-refractivity contribution >= 4 is 11.8 Å². The van der Waals surface area contributed by atoms with Crippen molar-refractivity contribution in [2.24, 2.45) is 5.73 Å². The highest BCUT2D eigenvalue weighted by Crippen LogP contribution is 2.29. The van der Waals surface area contributed by atoms with Crippen LogP contribution in [0.1, 0.15) is 41.6 Å². The summed E-state index contributed by atoms with van der Waals surface area (Å²) in [6, 6.07) is 7.63. The zero-order chi connectivity index (χ0) is 16.4. The molecule has 1 heterocycles. The predicted molar refractivity (Wildman–Crippen MR) is 89.0 cm³/mol. The fraction of sp³-hybridized carbons (Fsp3) is 0.556. The molecule has 5 nitrogen and oxygen atoms in total. The van der Waals surface area contributed by atoms with Crippen molar-refractivity contribution < 1.29 is 9.59 Å². The van der Waals surface area contributed by atoms with E-state index in [0.717, 1.165) is 31.2 Å². The van der Waals surface area contributed by atoms with Crippen LogP contribution in [0.5, 0.6) is 0 Å². The molecule has 0 spiro atoms. The Morgan fingerprint density at radius 2 is 1.48 bits per heavy atom. The molecule has 2 N–H and O–H groups in total. The molecule has 1 saturated heterocycles. The molecule has 5 heteroatoms. The number of carbonyl (C=O) groups excluding carboxylic acids is 2. The maximum absolute atomic E-state index is 12.6. The summed E-state index contributed by atoms with van der Waals surface area (Å²) in [4.78, 5) is 28.8. The molecular weight excluding hydrogens is 290 g/mol. The first kappa shape index (κ1) is 16.0. The van der Waals surface area contributed by atoms with Crippen molar-refractivity contribution in [3.63, 3.8) is 0 Å². The average molecular weight is 315 g/mol. The molecule has 23 heavy (non-hydrogen) atoms. The van der Waals surface area contributed by atoms with Crippen molar-refractivity contribution in [1.82, 2.24) is 9.80 Å². The Kier molecular flexibility index (Phi) is 4.39. The zero-order valence-electron chi connectivity index (χ0n) is 13.8. The third kappa shape index (κ3) is 3.24. The summed E-state index contributed by atoms with van der Waals surface area (Å²) in [5.74, 6) is 0.109. The largest absolute Gasteiger partial charge is 0.338 e. The van der Waals surface area contributed by atoms with Gasteiger partial charge in [0.2, 0.25) is 5.91 Å². The van der Waals surface area contributed by atoms with Crippen molar-refractivity contribution in [2.45, 2.75) is 38.1 Å². The summed E-state index contributed by atoms with van der Waals surface area (Å²) in [6.07, 6.45) is 3.64. The SMILES string of the molecule is Cc1ccc(C(=O)N2CCN(C(=O)C3(N)CCCC3)CC2)cc1. The van der Waals surface area contributed by atoms with Gasteiger partial charge in [-0.1, -0.05) is 30.5 Å². The lowest BCUT2D eigenvalue weighted by Crippen LogP contribution is -2.59. The number of aryl methyl sites for hydroxylation is 1. The van der Waals surface area contributed by atoms with E-state index in [-0.39, 0.29) is 11.8 Å². The Morgan fingerprint density at radius 3 is 2.04 bits per heavy atom. The maximum Gasteiger partial charge on any atom is 0.253 e. The topological polar surface area (TPSA) is 66.6 Å². The summed E-state index contributed by atoms with van der Waals surface area (Å²) in [5.41, 5.74) is 7.45. The molecule has 0 atom stereocenters. The maximum atomic E-state index is 12.6. The molecule has 1 aliphatic heterocycles. The monoisotopic (exact) mass is 315 g/mol. The van der Waals surface area contributed by atoms with E-state index >= 15 is 0 Å². The molecule has 0 bridgehead atoms. The Hall–Kier alpha value is -1.88. The van der Waals surface area contributed by atoms with Gasteiger partial charge in [-0.15, -0.1) is 0 Å². The summed E-state index contributed by atoms with van der Waals surface area (Å²) in [6.45, 7) is 4.32. The van der Waals surface area contributed by atoms with E-state index in [1.807, 2.05) is 41.0 Å². The van der Waals surface area contributed by atoms with Crippen LogP contribution in [0.4, 0.5) is 0 Å². The van der Waals surface area contributed by atoms with Gasteiger partial charge >= 0.3 is 0 Å². The van der Waals surface area contributed by atoms with Gasteiger partial charge in [-0.25, -0.2) is 0 Å². The third-order valence-corrected chi connectivity index (χ3v) is 5.07. The molecule has 0 aromatic heterocycles. The first-order valence-corrected chi connectivity index (χ1v) is 8.44. The van der Waals surface area contributed by atoms with E-state index in [9.17, 15) is 9.59 Å². The molecule has 0 unspecified atom stereocenters. The highest BCUT2D eigenvalue weighted by Gasteiger charge is 2.40. The smallest absolute Gasteiger partial charge is 0.253 e. The van der Waals surface area contributed by atoms with Crippen molar-refractivity contribution in [2.75, 3.05) is 26.2 Å². The van der Waals surface area contributed by atoms with Crippen LogP contribution >= 0.6 is 0 Å². The molecule has 1 saturated carbocycles. The summed E-state index contributed by atoms with van der Waals surface area (Å²) in [5, 5.41) is 0. The van der Waals surface area contributed by atoms with Crippen molar-refractivity contribution in [1.29, 1.82) is 0 Å². The van der Waals surface area contributed by atoms with Crippen LogP contribution in [0.3, 0.4) is 0 Å². The number of piperazine rings is 1. The Morgan fingerprint density at radius 1 is 0.957 bits per heavy atom. The minimum absolute atomic E-state index is 0.0421. The van der Waals surface area contributed by atoms with Gasteiger partial charge in [0.1, 0.15) is 0 Å². The summed E-state index contributed by atoms with van der Waals surface area (Å²) in [7, 11) is 0. The molecule has 2 fully saturated rings. The fourth-order valence-corrected chi connectivity index (χ4v) is 3.53. The average Bonchev–Trinajstić information content (AvgIpc) is 3.02. The minimum Gasteiger partial charge on any atom is -0.338 e. The number of hydrogen-bond acceptors (Lipinski definition) is 3. The highest BCUT2D eigenvalue weighted by atomic mass is 16.2. The molecule has 1 aromatic rings. The van der Waals surface area contributed by atoms with Crippen LogP contribution in [-0.4, -0.2) is 53.3 Å². The molecule has 3 rings (SSSR count). The predicted octanol–water partition coefficient (Wildman–Crippen LogP) is 1.55. The van der Waals surface area contributed by atoms with Crippen molar-refractivity contribution in [3.05, 3.63) is 35.4 Å². The lowest BCUT2D eigenvalue weighted by molar-refractivity contribution is -0.138.